The van der Waals surface area contributed by atoms with Crippen molar-refractivity contribution in [1.29, 1.82) is 5.26 Å². The molecule has 1 aliphatic heterocycles. The van der Waals surface area contributed by atoms with Gasteiger partial charge in [-0.05, 0) is 50.1 Å². The third-order valence-electron chi connectivity index (χ3n) is 5.60. The van der Waals surface area contributed by atoms with Crippen LogP contribution in [-0.2, 0) is 4.79 Å². The number of nitriles is 1. The minimum absolute atomic E-state index is 0.0312. The Morgan fingerprint density at radius 3 is 2.90 bits per heavy atom. The fraction of sp³-hybridized carbons (Fsp3) is 0.364. The van der Waals surface area contributed by atoms with E-state index in [0.717, 1.165) is 49.0 Å². The van der Waals surface area contributed by atoms with E-state index in [1.807, 2.05) is 24.4 Å². The van der Waals surface area contributed by atoms with E-state index >= 15 is 0 Å². The number of anilines is 1. The normalized spacial score (nSPS) is 19.0. The van der Waals surface area contributed by atoms with Crippen LogP contribution in [0.2, 0.25) is 0 Å². The van der Waals surface area contributed by atoms with Crippen molar-refractivity contribution in [2.24, 2.45) is 5.92 Å². The predicted molar refractivity (Wildman–Crippen MR) is 111 cm³/mol. The van der Waals surface area contributed by atoms with Gasteiger partial charge in [0.25, 0.3) is 0 Å². The first-order valence-corrected chi connectivity index (χ1v) is 10.1. The Kier molecular flexibility index (Phi) is 4.60. The van der Waals surface area contributed by atoms with Crippen LogP contribution < -0.4 is 10.1 Å². The van der Waals surface area contributed by atoms with Gasteiger partial charge in [-0.25, -0.2) is 9.50 Å². The van der Waals surface area contributed by atoms with E-state index in [4.69, 9.17) is 4.74 Å². The second-order valence-corrected chi connectivity index (χ2v) is 8.05. The van der Waals surface area contributed by atoms with E-state index in [0.29, 0.717) is 17.3 Å². The molecule has 30 heavy (non-hydrogen) atoms. The Hall–Kier alpha value is -3.44. The Bertz CT molecular complexity index is 1160. The minimum atomic E-state index is 0.0312. The molecule has 1 aliphatic carbocycles. The third kappa shape index (κ3) is 3.72. The zero-order valence-electron chi connectivity index (χ0n) is 16.7. The summed E-state index contributed by atoms with van der Waals surface area (Å²) < 4.78 is 7.97. The number of carbonyl (C=O) groups excluding carboxylic acids is 1. The molecule has 3 aromatic rings. The average Bonchev–Trinajstić information content (AvgIpc) is 3.41. The highest BCUT2D eigenvalue weighted by molar-refractivity contribution is 5.93. The number of pyridine rings is 2. The van der Waals surface area contributed by atoms with E-state index in [2.05, 4.69) is 33.4 Å². The predicted octanol–water partition coefficient (Wildman–Crippen LogP) is 2.70. The van der Waals surface area contributed by atoms with E-state index in [1.54, 1.807) is 16.8 Å². The maximum absolute atomic E-state index is 12.0. The van der Waals surface area contributed by atoms with Crippen LogP contribution in [0.25, 0.3) is 16.6 Å². The second kappa shape index (κ2) is 7.43. The van der Waals surface area contributed by atoms with Gasteiger partial charge in [-0.3, -0.25) is 4.79 Å². The van der Waals surface area contributed by atoms with Crippen molar-refractivity contribution in [2.45, 2.75) is 25.4 Å². The summed E-state index contributed by atoms with van der Waals surface area (Å²) in [6.07, 6.45) is 6.44. The molecule has 3 aromatic heterocycles. The molecule has 1 atom stereocenters. The SMILES string of the molecule is CN1CC[C@@H](Oc2cnc(C#N)cc2-c2ccn3nc(NC(=O)C4CC4)cc3c2)C1. The van der Waals surface area contributed by atoms with Crippen LogP contribution in [0.15, 0.2) is 36.7 Å². The van der Waals surface area contributed by atoms with Crippen molar-refractivity contribution in [3.05, 3.63) is 42.4 Å². The first-order chi connectivity index (χ1) is 14.6. The molecule has 0 spiro atoms. The van der Waals surface area contributed by atoms with Crippen LogP contribution in [0.4, 0.5) is 5.82 Å². The number of likely N-dealkylation sites (N-methyl/N-ethyl adjacent to an activating group) is 1. The summed E-state index contributed by atoms with van der Waals surface area (Å²) in [5.74, 6) is 1.37. The highest BCUT2D eigenvalue weighted by Gasteiger charge is 2.30. The van der Waals surface area contributed by atoms with Crippen LogP contribution in [-0.4, -0.2) is 51.6 Å². The van der Waals surface area contributed by atoms with Gasteiger partial charge in [0.1, 0.15) is 23.6 Å². The molecular formula is C22H22N6O2. The van der Waals surface area contributed by atoms with Gasteiger partial charge >= 0.3 is 0 Å². The molecule has 4 heterocycles. The van der Waals surface area contributed by atoms with Gasteiger partial charge in [0.15, 0.2) is 5.82 Å². The smallest absolute Gasteiger partial charge is 0.228 e. The van der Waals surface area contributed by atoms with Crippen molar-refractivity contribution in [3.63, 3.8) is 0 Å². The molecule has 2 aliphatic rings. The zero-order valence-corrected chi connectivity index (χ0v) is 16.7. The Balaban J connectivity index is 1.47. The standard InChI is InChI=1S/C22H22N6O2/c1-27-6-5-18(13-27)30-20-12-24-16(11-23)9-19(20)15-4-7-28-17(8-15)10-21(26-28)25-22(29)14-2-3-14/h4,7-10,12,14,18H,2-3,5-6,13H2,1H3,(H,25,26,29)/t18-/m1/s1. The number of hydrogen-bond donors (Lipinski definition) is 1. The monoisotopic (exact) mass is 402 g/mol. The molecule has 8 nitrogen and oxygen atoms in total. The van der Waals surface area contributed by atoms with E-state index < -0.39 is 0 Å². The van der Waals surface area contributed by atoms with Gasteiger partial charge in [0.05, 0.1) is 11.7 Å². The number of rotatable bonds is 5. The summed E-state index contributed by atoms with van der Waals surface area (Å²) >= 11 is 0. The van der Waals surface area contributed by atoms with Gasteiger partial charge in [-0.2, -0.15) is 10.4 Å². The molecule has 1 saturated carbocycles. The summed E-state index contributed by atoms with van der Waals surface area (Å²) in [7, 11) is 2.08. The molecule has 0 radical (unpaired) electrons. The molecule has 152 valence electrons. The molecule has 5 rings (SSSR count). The first-order valence-electron chi connectivity index (χ1n) is 10.1. The fourth-order valence-electron chi connectivity index (χ4n) is 3.79. The van der Waals surface area contributed by atoms with Crippen LogP contribution in [0.3, 0.4) is 0 Å². The summed E-state index contributed by atoms with van der Waals surface area (Å²) in [6, 6.07) is 9.61. The van der Waals surface area contributed by atoms with E-state index in [-0.39, 0.29) is 17.9 Å². The van der Waals surface area contributed by atoms with Crippen LogP contribution in [0, 0.1) is 17.2 Å². The van der Waals surface area contributed by atoms with Gasteiger partial charge in [-0.15, -0.1) is 0 Å². The van der Waals surface area contributed by atoms with Gasteiger partial charge in [0.2, 0.25) is 5.91 Å². The van der Waals surface area contributed by atoms with E-state index in [1.165, 1.54) is 0 Å². The number of likely N-dealkylation sites (tertiary alicyclic amines) is 1. The Morgan fingerprint density at radius 2 is 2.17 bits per heavy atom. The van der Waals surface area contributed by atoms with Crippen molar-refractivity contribution >= 4 is 17.2 Å². The van der Waals surface area contributed by atoms with Gasteiger partial charge in [0, 0.05) is 36.8 Å². The molecule has 1 saturated heterocycles. The molecule has 0 unspecified atom stereocenters. The lowest BCUT2D eigenvalue weighted by Gasteiger charge is -2.17. The summed E-state index contributed by atoms with van der Waals surface area (Å²) in [6.45, 7) is 1.87. The van der Waals surface area contributed by atoms with Crippen molar-refractivity contribution in [3.8, 4) is 22.9 Å². The topological polar surface area (TPSA) is 95.6 Å². The van der Waals surface area contributed by atoms with E-state index in [9.17, 15) is 10.1 Å². The lowest BCUT2D eigenvalue weighted by atomic mass is 10.1. The molecule has 0 aromatic carbocycles. The van der Waals surface area contributed by atoms with Gasteiger partial charge in [-0.1, -0.05) is 0 Å². The van der Waals surface area contributed by atoms with Crippen LogP contribution in [0.5, 0.6) is 5.75 Å². The number of carbonyl (C=O) groups is 1. The van der Waals surface area contributed by atoms with Crippen molar-refractivity contribution in [1.82, 2.24) is 19.5 Å². The maximum Gasteiger partial charge on any atom is 0.228 e. The number of nitrogens with zero attached hydrogens (tertiary/aromatic N) is 5. The second-order valence-electron chi connectivity index (χ2n) is 8.05. The molecule has 1 N–H and O–H groups in total. The van der Waals surface area contributed by atoms with Crippen molar-refractivity contribution < 1.29 is 9.53 Å². The average molecular weight is 402 g/mol. The Labute approximate surface area is 174 Å². The number of nitrogens with one attached hydrogen (secondary N) is 1. The lowest BCUT2D eigenvalue weighted by Crippen LogP contribution is -2.21. The number of fused-ring (bicyclic) bond motifs is 1. The molecule has 0 bridgehead atoms. The highest BCUT2D eigenvalue weighted by Crippen LogP contribution is 2.33. The summed E-state index contributed by atoms with van der Waals surface area (Å²) in [5.41, 5.74) is 2.92. The first kappa shape index (κ1) is 18.6. The quantitative estimate of drug-likeness (QED) is 0.705. The minimum Gasteiger partial charge on any atom is -0.487 e. The zero-order chi connectivity index (χ0) is 20.7. The Morgan fingerprint density at radius 1 is 1.30 bits per heavy atom. The summed E-state index contributed by atoms with van der Waals surface area (Å²) in [5, 5.41) is 16.6. The third-order valence-corrected chi connectivity index (χ3v) is 5.60. The fourth-order valence-corrected chi connectivity index (χ4v) is 3.79. The number of hydrogen-bond acceptors (Lipinski definition) is 6. The number of aromatic nitrogens is 3. The maximum atomic E-state index is 12.0. The van der Waals surface area contributed by atoms with Gasteiger partial charge < -0.3 is 15.0 Å². The van der Waals surface area contributed by atoms with Crippen molar-refractivity contribution in [2.75, 3.05) is 25.5 Å². The highest BCUT2D eigenvalue weighted by atomic mass is 16.5. The molecule has 1 amide bonds. The van der Waals surface area contributed by atoms with Crippen LogP contribution >= 0.6 is 0 Å². The summed E-state index contributed by atoms with van der Waals surface area (Å²) in [4.78, 5) is 18.5. The molecular weight excluding hydrogens is 380 g/mol. The molecule has 2 fully saturated rings. The largest absolute Gasteiger partial charge is 0.487 e. The number of ether oxygens (including phenoxy) is 1. The van der Waals surface area contributed by atoms with Crippen LogP contribution in [0.1, 0.15) is 25.0 Å². The molecule has 8 heteroatoms. The lowest BCUT2D eigenvalue weighted by molar-refractivity contribution is -0.117. The number of amides is 1.